The molecule has 3 aliphatic rings. The van der Waals surface area contributed by atoms with E-state index in [9.17, 15) is 25.2 Å². The normalized spacial score (nSPS) is 40.6. The summed E-state index contributed by atoms with van der Waals surface area (Å²) in [6.07, 6.45) is -3.78. The third kappa shape index (κ3) is 4.76. The van der Waals surface area contributed by atoms with E-state index < -0.39 is 54.6 Å². The van der Waals surface area contributed by atoms with Gasteiger partial charge in [-0.05, 0) is 18.9 Å². The van der Waals surface area contributed by atoms with Crippen LogP contribution in [0.15, 0.2) is 17.3 Å². The maximum absolute atomic E-state index is 13.0. The maximum atomic E-state index is 13.0. The zero-order valence-corrected chi connectivity index (χ0v) is 16.6. The lowest BCUT2D eigenvalue weighted by molar-refractivity contribution is -0.230. The number of nitrogens with zero attached hydrogens (tertiary/aromatic N) is 3. The first-order valence-corrected chi connectivity index (χ1v) is 10.0. The fourth-order valence-corrected chi connectivity index (χ4v) is 4.26. The van der Waals surface area contributed by atoms with Crippen molar-refractivity contribution in [2.75, 3.05) is 19.7 Å². The van der Waals surface area contributed by atoms with Gasteiger partial charge in [0.2, 0.25) is 5.91 Å². The van der Waals surface area contributed by atoms with Crippen LogP contribution >= 0.6 is 0 Å². The van der Waals surface area contributed by atoms with Crippen molar-refractivity contribution in [2.45, 2.75) is 68.2 Å². The zero-order valence-electron chi connectivity index (χ0n) is 16.6. The van der Waals surface area contributed by atoms with E-state index in [1.165, 1.54) is 6.92 Å². The summed E-state index contributed by atoms with van der Waals surface area (Å²) in [6, 6.07) is -1.74. The summed E-state index contributed by atoms with van der Waals surface area (Å²) in [5.74, 6) is -0.287. The van der Waals surface area contributed by atoms with Crippen LogP contribution in [0.5, 0.6) is 0 Å². The lowest BCUT2D eigenvalue weighted by atomic mass is 9.89. The van der Waals surface area contributed by atoms with Crippen LogP contribution in [0.1, 0.15) is 13.3 Å². The summed E-state index contributed by atoms with van der Waals surface area (Å²) >= 11 is 0. The first-order valence-electron chi connectivity index (χ1n) is 10.0. The van der Waals surface area contributed by atoms with Crippen LogP contribution in [0, 0.1) is 5.92 Å². The molecule has 0 bridgehead atoms. The van der Waals surface area contributed by atoms with E-state index in [0.717, 1.165) is 6.42 Å². The van der Waals surface area contributed by atoms with Crippen LogP contribution in [0.4, 0.5) is 0 Å². The fraction of sp³-hybridized carbons (Fsp3) is 0.833. The van der Waals surface area contributed by atoms with Gasteiger partial charge in [-0.2, -0.15) is 0 Å². The SMILES string of the molecule is C[C@@H](O)[C@@H](NC(=O)[C@H]1NC[C@@H]2CC=CCO[C@H]21)[C@H]1OC(CN=[N+]=[N-])[C@H](O)C(O)C1O. The highest BCUT2D eigenvalue weighted by Gasteiger charge is 2.49. The average molecular weight is 427 g/mol. The molecule has 0 aromatic carbocycles. The summed E-state index contributed by atoms with van der Waals surface area (Å²) in [7, 11) is 0. The van der Waals surface area contributed by atoms with Crippen molar-refractivity contribution in [3.05, 3.63) is 22.6 Å². The highest BCUT2D eigenvalue weighted by molar-refractivity contribution is 5.83. The van der Waals surface area contributed by atoms with Crippen molar-refractivity contribution in [2.24, 2.45) is 11.0 Å². The molecule has 3 heterocycles. The number of nitrogens with one attached hydrogen (secondary N) is 2. The Balaban J connectivity index is 1.73. The van der Waals surface area contributed by atoms with Crippen LogP contribution in [-0.2, 0) is 14.3 Å². The summed E-state index contributed by atoms with van der Waals surface area (Å²) in [6.45, 7) is 2.14. The first kappa shape index (κ1) is 22.9. The number of amides is 1. The van der Waals surface area contributed by atoms with Crippen molar-refractivity contribution >= 4 is 5.91 Å². The van der Waals surface area contributed by atoms with Gasteiger partial charge in [-0.25, -0.2) is 0 Å². The summed E-state index contributed by atoms with van der Waals surface area (Å²) in [4.78, 5) is 15.6. The Labute approximate surface area is 173 Å². The lowest BCUT2D eigenvalue weighted by Crippen LogP contribution is -2.67. The molecule has 30 heavy (non-hydrogen) atoms. The van der Waals surface area contributed by atoms with E-state index in [-0.39, 0.29) is 18.6 Å². The largest absolute Gasteiger partial charge is 0.391 e. The predicted molar refractivity (Wildman–Crippen MR) is 103 cm³/mol. The van der Waals surface area contributed by atoms with Crippen molar-refractivity contribution < 1.29 is 34.7 Å². The number of azide groups is 1. The van der Waals surface area contributed by atoms with E-state index in [0.29, 0.717) is 13.2 Å². The molecule has 3 unspecified atom stereocenters. The first-order chi connectivity index (χ1) is 14.3. The maximum Gasteiger partial charge on any atom is 0.240 e. The van der Waals surface area contributed by atoms with Crippen LogP contribution in [0.3, 0.4) is 0 Å². The third-order valence-electron chi connectivity index (χ3n) is 5.92. The monoisotopic (exact) mass is 427 g/mol. The van der Waals surface area contributed by atoms with Gasteiger partial charge in [0, 0.05) is 17.4 Å². The standard InChI is InChI=1S/C18H29N5O7/c1-8(24)11(17-15(27)14(26)13(25)10(30-17)7-21-23-19)22-18(28)12-16-9(6-20-12)4-2-3-5-29-16/h2-3,8-17,20,24-27H,4-7H2,1H3,(H,22,28)/t8-,9+,10?,11-,12+,13+,14?,15?,16-,17-/m1/s1. The van der Waals surface area contributed by atoms with E-state index >= 15 is 0 Å². The molecule has 3 rings (SSSR count). The smallest absolute Gasteiger partial charge is 0.240 e. The van der Waals surface area contributed by atoms with E-state index in [1.54, 1.807) is 0 Å². The van der Waals surface area contributed by atoms with Gasteiger partial charge < -0.3 is 40.5 Å². The molecule has 2 fully saturated rings. The van der Waals surface area contributed by atoms with Crippen LogP contribution in [0.2, 0.25) is 0 Å². The molecular formula is C18H29N5O7. The lowest BCUT2D eigenvalue weighted by Gasteiger charge is -2.44. The van der Waals surface area contributed by atoms with Gasteiger partial charge >= 0.3 is 0 Å². The van der Waals surface area contributed by atoms with Gasteiger partial charge in [0.15, 0.2) is 0 Å². The Kier molecular flexibility index (Phi) is 7.66. The molecule has 0 aliphatic carbocycles. The van der Waals surface area contributed by atoms with Gasteiger partial charge in [0.1, 0.15) is 30.5 Å². The number of carbonyl (C=O) groups excluding carboxylic acids is 1. The highest BCUT2D eigenvalue weighted by atomic mass is 16.5. The molecule has 0 radical (unpaired) electrons. The second-order valence-corrected chi connectivity index (χ2v) is 7.95. The number of carbonyl (C=O) groups is 1. The molecule has 0 aromatic heterocycles. The number of hydrogen-bond donors (Lipinski definition) is 6. The van der Waals surface area contributed by atoms with Crippen LogP contribution in [-0.4, -0.2) is 101 Å². The molecule has 6 N–H and O–H groups in total. The molecule has 168 valence electrons. The van der Waals surface area contributed by atoms with Gasteiger partial charge in [-0.15, -0.1) is 0 Å². The minimum Gasteiger partial charge on any atom is -0.391 e. The van der Waals surface area contributed by atoms with Crippen molar-refractivity contribution in [1.82, 2.24) is 10.6 Å². The number of fused-ring (bicyclic) bond motifs is 1. The minimum atomic E-state index is -1.61. The van der Waals surface area contributed by atoms with Gasteiger partial charge in [-0.1, -0.05) is 17.3 Å². The summed E-state index contributed by atoms with van der Waals surface area (Å²) in [5, 5.41) is 50.1. The molecular weight excluding hydrogens is 398 g/mol. The second kappa shape index (κ2) is 10.0. The number of aliphatic hydroxyl groups is 4. The molecule has 12 nitrogen and oxygen atoms in total. The van der Waals surface area contributed by atoms with Gasteiger partial charge in [0.25, 0.3) is 0 Å². The fourth-order valence-electron chi connectivity index (χ4n) is 4.26. The van der Waals surface area contributed by atoms with E-state index in [4.69, 9.17) is 15.0 Å². The number of ether oxygens (including phenoxy) is 2. The predicted octanol–water partition coefficient (Wildman–Crippen LogP) is -2.05. The molecule has 1 amide bonds. The Morgan fingerprint density at radius 3 is 2.80 bits per heavy atom. The molecule has 3 aliphatic heterocycles. The minimum absolute atomic E-state index is 0.145. The summed E-state index contributed by atoms with van der Waals surface area (Å²) in [5.41, 5.74) is 8.51. The average Bonchev–Trinajstić information content (AvgIpc) is 2.98. The Morgan fingerprint density at radius 2 is 2.10 bits per heavy atom. The molecule has 0 saturated carbocycles. The molecule has 0 spiro atoms. The number of hydrogen-bond acceptors (Lipinski definition) is 9. The number of allylic oxidation sites excluding steroid dienone is 1. The molecule has 2 saturated heterocycles. The van der Waals surface area contributed by atoms with Gasteiger partial charge in [-0.3, -0.25) is 4.79 Å². The van der Waals surface area contributed by atoms with Crippen molar-refractivity contribution in [3.63, 3.8) is 0 Å². The molecule has 12 heteroatoms. The quantitative estimate of drug-likeness (QED) is 0.121. The van der Waals surface area contributed by atoms with Crippen LogP contribution in [0.25, 0.3) is 10.4 Å². The van der Waals surface area contributed by atoms with E-state index in [1.807, 2.05) is 12.2 Å². The summed E-state index contributed by atoms with van der Waals surface area (Å²) < 4.78 is 11.4. The zero-order chi connectivity index (χ0) is 21.8. The highest BCUT2D eigenvalue weighted by Crippen LogP contribution is 2.27. The van der Waals surface area contributed by atoms with Gasteiger partial charge in [0.05, 0.1) is 37.5 Å². The Morgan fingerprint density at radius 1 is 1.33 bits per heavy atom. The van der Waals surface area contributed by atoms with Crippen molar-refractivity contribution in [1.29, 1.82) is 0 Å². The molecule has 0 aromatic rings. The van der Waals surface area contributed by atoms with Crippen molar-refractivity contribution in [3.8, 4) is 0 Å². The third-order valence-corrected chi connectivity index (χ3v) is 5.92. The Bertz CT molecular complexity index is 686. The van der Waals surface area contributed by atoms with Crippen LogP contribution < -0.4 is 10.6 Å². The second-order valence-electron chi connectivity index (χ2n) is 7.95. The molecule has 10 atom stereocenters. The topological polar surface area (TPSA) is 189 Å². The number of aliphatic hydroxyl groups excluding tert-OH is 4. The Hall–Kier alpha value is -1.76. The van der Waals surface area contributed by atoms with E-state index in [2.05, 4.69) is 20.7 Å². The number of rotatable bonds is 6.